The van der Waals surface area contributed by atoms with Crippen LogP contribution in [0.15, 0.2) is 0 Å². The lowest BCUT2D eigenvalue weighted by Crippen LogP contribution is -2.20. The maximum absolute atomic E-state index is 12.5. The smallest absolute Gasteiger partial charge is 0.309 e. The number of ether oxygens (including phenoxy) is 7. The Hall–Kier alpha value is -2.63. The molecule has 6 rings (SSSR count). The summed E-state index contributed by atoms with van der Waals surface area (Å²) in [5, 5.41) is 17.1. The molecule has 90 heavy (non-hydrogen) atoms. The first-order chi connectivity index (χ1) is 40.1. The molecule has 538 valence electrons. The van der Waals surface area contributed by atoms with Crippen molar-refractivity contribution in [3.05, 3.63) is 0 Å². The second-order valence-electron chi connectivity index (χ2n) is 23.7. The second-order valence-corrected chi connectivity index (χ2v) is 26.6. The van der Waals surface area contributed by atoms with Crippen LogP contribution in [0.5, 0.6) is 0 Å². The number of ketones is 6. The van der Waals surface area contributed by atoms with Gasteiger partial charge in [0.2, 0.25) is 14.5 Å². The topological polar surface area (TPSA) is 276 Å². The highest BCUT2D eigenvalue weighted by molar-refractivity contribution is 8.26. The van der Waals surface area contributed by atoms with E-state index in [1.165, 1.54) is 0 Å². The van der Waals surface area contributed by atoms with Crippen LogP contribution in [0.4, 0.5) is 0 Å². The van der Waals surface area contributed by atoms with Crippen LogP contribution in [0, 0.1) is 71.0 Å². The number of hydrogen-bond donors (Lipinski definition) is 2. The molecular formula is C67H129Cl3O19S. The zero-order valence-electron chi connectivity index (χ0n) is 50.6. The molecule has 0 heterocycles. The first kappa shape index (κ1) is 96.1. The van der Waals surface area contributed by atoms with Gasteiger partial charge in [0, 0.05) is 102 Å². The molecule has 0 aliphatic heterocycles. The zero-order valence-corrected chi connectivity index (χ0v) is 53.6. The number of carboxylic acid groups (broad SMARTS) is 1. The predicted octanol–water partition coefficient (Wildman–Crippen LogP) is 14.2. The average Bonchev–Trinajstić information content (AvgIpc) is 1.94. The lowest BCUT2D eigenvalue weighted by molar-refractivity contribution is -0.150. The number of carboxylic acids is 1. The van der Waals surface area contributed by atoms with Gasteiger partial charge in [-0.1, -0.05) is 44.6 Å². The molecule has 0 bridgehead atoms. The summed E-state index contributed by atoms with van der Waals surface area (Å²) in [6.07, 6.45) is 18.0. The fourth-order valence-electron chi connectivity index (χ4n) is 12.7. The quantitative estimate of drug-likeness (QED) is 0.0344. The minimum atomic E-state index is -1.67. The Morgan fingerprint density at radius 1 is 0.411 bits per heavy atom. The number of methoxy groups -OCH3 is 2. The van der Waals surface area contributed by atoms with Crippen molar-refractivity contribution in [2.24, 2.45) is 71.0 Å². The van der Waals surface area contributed by atoms with Crippen molar-refractivity contribution in [1.29, 1.82) is 0 Å². The van der Waals surface area contributed by atoms with Crippen molar-refractivity contribution in [2.45, 2.75) is 213 Å². The number of Topliss-reactive ketones (excluding diaryl/α,β-unsaturated/α-hetero) is 6. The molecule has 0 amide bonds. The summed E-state index contributed by atoms with van der Waals surface area (Å²) >= 11 is 5.52. The Balaban J connectivity index is -0.000000170. The van der Waals surface area contributed by atoms with E-state index in [-0.39, 0.29) is 150 Å². The van der Waals surface area contributed by atoms with Crippen LogP contribution in [-0.2, 0) is 85.5 Å². The van der Waals surface area contributed by atoms with E-state index in [9.17, 15) is 43.2 Å². The molecule has 19 nitrogen and oxygen atoms in total. The SMILES string of the molecule is C.C.C.C.C.C.CC(=O)CC1CCC(C(=O)CC2CCC(C(=O)Cl)C2)C1.CC(=O)CC1CCC(C(=O)CC2CCC(C(=O)O)C2)C1.COCCOCCOCCO.COCCOCCOCCOC(=O)C1CCC(CC(=O)C2CCC(C(C)=O)C2)C1.O=S(Cl)Cl.[2HH].[2HH].[2HH]. The number of carbonyl (C=O) groups is 9. The van der Waals surface area contributed by atoms with Crippen LogP contribution < -0.4 is 0 Å². The number of aliphatic hydroxyl groups is 1. The Morgan fingerprint density at radius 3 is 1.03 bits per heavy atom. The maximum Gasteiger partial charge on any atom is 0.309 e. The van der Waals surface area contributed by atoms with Gasteiger partial charge in [0.15, 0.2) is 0 Å². The van der Waals surface area contributed by atoms with Gasteiger partial charge in [-0.15, -0.1) is 0 Å². The van der Waals surface area contributed by atoms with Crippen molar-refractivity contribution >= 4 is 94.1 Å². The van der Waals surface area contributed by atoms with Gasteiger partial charge >= 0.3 is 11.9 Å². The Morgan fingerprint density at radius 2 is 0.700 bits per heavy atom. The standard InChI is InChI=1S/C22H36O7.C16H23ClO3.C16H24O4.C7H16O4.6CH4.Cl2OS.3H2/c1-16(23)18-5-6-19(15-18)21(24)14-17-3-4-20(13-17)22(25)29-12-11-28-10-9-27-8-7-26-2;1-10(18)6-11-2-4-13(7-11)15(19)9-12-3-5-14(8-12)16(17)20;1-10(17)6-11-2-4-13(7-11)15(18)9-12-3-5-14(8-12)16(19)20;1-9-4-5-11-7-6-10-3-2-8;;;;;;;1-4(2)3;;;/h17-20H,3-15H2,1-2H3;11-14H,2-9H2,1H3;11-14H,2-9H2,1H3,(H,19,20);8H,2-7H2,1H3;6*1H4;;3*1H/i;;;;;;;;;;;3*1+1. The van der Waals surface area contributed by atoms with Crippen LogP contribution in [0.3, 0.4) is 0 Å². The van der Waals surface area contributed by atoms with Crippen molar-refractivity contribution in [3.8, 4) is 0 Å². The molecule has 0 aromatic heterocycles. The van der Waals surface area contributed by atoms with Crippen molar-refractivity contribution < 1.29 is 95.0 Å². The predicted molar refractivity (Wildman–Crippen MR) is 365 cm³/mol. The lowest BCUT2D eigenvalue weighted by Gasteiger charge is -2.14. The first-order valence-electron chi connectivity index (χ1n) is 30.4. The summed E-state index contributed by atoms with van der Waals surface area (Å²) in [6, 6.07) is 0. The van der Waals surface area contributed by atoms with E-state index in [1.807, 2.05) is 0 Å². The summed E-state index contributed by atoms with van der Waals surface area (Å²) in [4.78, 5) is 105. The van der Waals surface area contributed by atoms with Gasteiger partial charge in [0.05, 0.1) is 84.5 Å². The van der Waals surface area contributed by atoms with Gasteiger partial charge in [-0.2, -0.15) is 0 Å². The number of esters is 1. The Bertz CT molecular complexity index is 1950. The van der Waals surface area contributed by atoms with E-state index >= 15 is 0 Å². The van der Waals surface area contributed by atoms with E-state index in [1.54, 1.807) is 35.0 Å². The van der Waals surface area contributed by atoms with Crippen LogP contribution in [-0.4, -0.2) is 160 Å². The van der Waals surface area contributed by atoms with E-state index in [0.29, 0.717) is 147 Å². The van der Waals surface area contributed by atoms with Crippen LogP contribution in [0.1, 0.15) is 217 Å². The summed E-state index contributed by atoms with van der Waals surface area (Å²) < 4.78 is 44.7. The van der Waals surface area contributed by atoms with Crippen LogP contribution >= 0.6 is 33.0 Å². The summed E-state index contributed by atoms with van der Waals surface area (Å²) in [5.74, 6) is 2.24. The van der Waals surface area contributed by atoms with E-state index in [4.69, 9.17) is 59.2 Å². The van der Waals surface area contributed by atoms with Crippen molar-refractivity contribution in [2.75, 3.05) is 93.5 Å². The third-order valence-electron chi connectivity index (χ3n) is 17.0. The molecule has 6 saturated carbocycles. The largest absolute Gasteiger partial charge is 0.481 e. The van der Waals surface area contributed by atoms with Crippen molar-refractivity contribution in [3.63, 3.8) is 0 Å². The highest BCUT2D eigenvalue weighted by Crippen LogP contribution is 2.41. The Kier molecular flexibility index (Phi) is 60.5. The number of aliphatic carboxylic acids is 1. The fraction of sp³-hybridized carbons (Fsp3) is 0.866. The van der Waals surface area contributed by atoms with Crippen molar-refractivity contribution in [1.82, 2.24) is 0 Å². The highest BCUT2D eigenvalue weighted by atomic mass is 36.0. The number of rotatable bonds is 34. The molecule has 0 radical (unpaired) electrons. The zero-order chi connectivity index (χ0) is 62.4. The van der Waals surface area contributed by atoms with Gasteiger partial charge in [-0.25, -0.2) is 4.21 Å². The van der Waals surface area contributed by atoms with Gasteiger partial charge in [0.1, 0.15) is 41.3 Å². The van der Waals surface area contributed by atoms with Gasteiger partial charge in [-0.3, -0.25) is 33.6 Å². The number of aliphatic hydroxyl groups excluding tert-OH is 1. The molecule has 2 N–H and O–H groups in total. The van der Waals surface area contributed by atoms with Gasteiger partial charge in [-0.05, 0) is 178 Å². The molecule has 6 aliphatic rings. The van der Waals surface area contributed by atoms with Crippen LogP contribution in [0.2, 0.25) is 0 Å². The highest BCUT2D eigenvalue weighted by Gasteiger charge is 2.39. The molecule has 0 spiro atoms. The van der Waals surface area contributed by atoms with Gasteiger partial charge < -0.3 is 53.0 Å². The normalized spacial score (nSPS) is 25.0. The third-order valence-corrected chi connectivity index (χ3v) is 17.3. The summed E-state index contributed by atoms with van der Waals surface area (Å²) in [6.45, 7) is 10.2. The number of carbonyl (C=O) groups excluding carboxylic acids is 8. The first-order valence-corrected chi connectivity index (χ1v) is 33.5. The molecule has 23 heteroatoms. The molecule has 12 atom stereocenters. The average molecular weight is 1380 g/mol. The monoisotopic (exact) mass is 1380 g/mol. The molecule has 12 unspecified atom stereocenters. The Labute approximate surface area is 563 Å². The third kappa shape index (κ3) is 43.4. The van der Waals surface area contributed by atoms with E-state index in [2.05, 4.69) is 21.4 Å². The minimum absolute atomic E-state index is 0. The minimum Gasteiger partial charge on any atom is -0.481 e. The summed E-state index contributed by atoms with van der Waals surface area (Å²) in [7, 11) is 10.6. The second kappa shape index (κ2) is 56.7. The van der Waals surface area contributed by atoms with Gasteiger partial charge in [0.25, 0.3) is 0 Å². The molecule has 0 aromatic rings. The molecule has 6 fully saturated rings. The molecular weight excluding hydrogens is 1250 g/mol. The fourth-order valence-corrected chi connectivity index (χ4v) is 12.9. The molecule has 0 saturated heterocycles. The lowest BCUT2D eigenvalue weighted by atomic mass is 9.90. The molecule has 0 aromatic carbocycles. The van der Waals surface area contributed by atoms with Crippen LogP contribution in [0.25, 0.3) is 0 Å². The number of hydrogen-bond acceptors (Lipinski definition) is 18. The van der Waals surface area contributed by atoms with E-state index in [0.717, 1.165) is 96.3 Å². The number of halogens is 3. The maximum atomic E-state index is 12.5. The molecule has 6 aliphatic carbocycles. The van der Waals surface area contributed by atoms with E-state index < -0.39 is 15.2 Å². The summed E-state index contributed by atoms with van der Waals surface area (Å²) in [5.41, 5.74) is 0.